The van der Waals surface area contributed by atoms with Gasteiger partial charge < -0.3 is 14.5 Å². The maximum Gasteiger partial charge on any atom is 0.237 e. The van der Waals surface area contributed by atoms with Crippen LogP contribution in [-0.2, 0) is 14.3 Å². The van der Waals surface area contributed by atoms with Crippen molar-refractivity contribution in [1.82, 2.24) is 9.80 Å². The number of hydrogen-bond acceptors (Lipinski definition) is 3. The molecule has 0 unspecified atom stereocenters. The van der Waals surface area contributed by atoms with Gasteiger partial charge >= 0.3 is 0 Å². The van der Waals surface area contributed by atoms with E-state index in [0.717, 1.165) is 19.3 Å². The highest BCUT2D eigenvalue weighted by atomic mass is 35.5. The Kier molecular flexibility index (Phi) is 8.04. The summed E-state index contributed by atoms with van der Waals surface area (Å²) in [6.07, 6.45) is 2.68. The number of rotatable bonds is 7. The first-order valence-corrected chi connectivity index (χ1v) is 8.21. The summed E-state index contributed by atoms with van der Waals surface area (Å²) in [5, 5.41) is 0. The minimum absolute atomic E-state index is 0.0119. The van der Waals surface area contributed by atoms with Gasteiger partial charge in [0.05, 0.1) is 6.10 Å². The fourth-order valence-electron chi connectivity index (χ4n) is 2.63. The lowest BCUT2D eigenvalue weighted by Crippen LogP contribution is -2.49. The molecule has 2 amide bonds. The number of piperidine rings is 1. The van der Waals surface area contributed by atoms with Crippen molar-refractivity contribution in [3.8, 4) is 0 Å². The minimum Gasteiger partial charge on any atom is -0.379 e. The molecule has 1 fully saturated rings. The Morgan fingerprint density at radius 2 is 1.95 bits per heavy atom. The summed E-state index contributed by atoms with van der Waals surface area (Å²) in [4.78, 5) is 27.1. The molecule has 1 saturated heterocycles. The Labute approximate surface area is 132 Å². The van der Waals surface area contributed by atoms with E-state index in [4.69, 9.17) is 16.3 Å². The highest BCUT2D eigenvalue weighted by Crippen LogP contribution is 2.18. The Morgan fingerprint density at radius 3 is 2.43 bits per heavy atom. The van der Waals surface area contributed by atoms with E-state index in [2.05, 4.69) is 0 Å². The maximum atomic E-state index is 12.0. The molecule has 5 nitrogen and oxygen atoms in total. The van der Waals surface area contributed by atoms with E-state index in [0.29, 0.717) is 26.2 Å². The number of halogens is 1. The predicted octanol–water partition coefficient (Wildman–Crippen LogP) is 1.88. The highest BCUT2D eigenvalue weighted by molar-refractivity contribution is 6.27. The summed E-state index contributed by atoms with van der Waals surface area (Å²) in [6.45, 7) is 8.34. The first kappa shape index (κ1) is 18.2. The lowest BCUT2D eigenvalue weighted by molar-refractivity contribution is -0.134. The van der Waals surface area contributed by atoms with Crippen LogP contribution in [0.1, 0.15) is 40.0 Å². The van der Waals surface area contributed by atoms with Gasteiger partial charge in [0.15, 0.2) is 0 Å². The highest BCUT2D eigenvalue weighted by Gasteiger charge is 2.27. The summed E-state index contributed by atoms with van der Waals surface area (Å²) >= 11 is 5.72. The summed E-state index contributed by atoms with van der Waals surface area (Å²) in [5.74, 6) is 0.0920. The molecule has 0 aromatic heterocycles. The van der Waals surface area contributed by atoms with Crippen LogP contribution in [0.15, 0.2) is 0 Å². The van der Waals surface area contributed by atoms with Gasteiger partial charge in [-0.25, -0.2) is 0 Å². The molecule has 0 saturated carbocycles. The first-order valence-electron chi connectivity index (χ1n) is 7.68. The lowest BCUT2D eigenvalue weighted by Gasteiger charge is -2.38. The molecule has 0 spiro atoms. The zero-order chi connectivity index (χ0) is 15.8. The molecule has 1 rings (SSSR count). The second kappa shape index (κ2) is 9.26. The number of hydrogen-bond donors (Lipinski definition) is 0. The average Bonchev–Trinajstić information content (AvgIpc) is 2.46. The van der Waals surface area contributed by atoms with Gasteiger partial charge in [0.1, 0.15) is 5.88 Å². The summed E-state index contributed by atoms with van der Waals surface area (Å²) in [5.41, 5.74) is 0. The molecule has 122 valence electrons. The molecular formula is C15H27ClN2O3. The largest absolute Gasteiger partial charge is 0.379 e. The van der Waals surface area contributed by atoms with Crippen LogP contribution in [0.25, 0.3) is 0 Å². The smallest absolute Gasteiger partial charge is 0.237 e. The second-order valence-electron chi connectivity index (χ2n) is 5.73. The van der Waals surface area contributed by atoms with Gasteiger partial charge in [0.25, 0.3) is 0 Å². The lowest BCUT2D eigenvalue weighted by atomic mass is 10.0. The van der Waals surface area contributed by atoms with E-state index in [1.54, 1.807) is 6.92 Å². The van der Waals surface area contributed by atoms with Gasteiger partial charge in [0.2, 0.25) is 11.8 Å². The molecule has 0 radical (unpaired) electrons. The first-order chi connectivity index (χ1) is 9.95. The molecular weight excluding hydrogens is 292 g/mol. The van der Waals surface area contributed by atoms with E-state index in [9.17, 15) is 9.59 Å². The van der Waals surface area contributed by atoms with Crippen molar-refractivity contribution in [1.29, 1.82) is 0 Å². The zero-order valence-corrected chi connectivity index (χ0v) is 14.1. The summed E-state index contributed by atoms with van der Waals surface area (Å²) in [6, 6.07) is 0.186. The molecule has 21 heavy (non-hydrogen) atoms. The van der Waals surface area contributed by atoms with E-state index < -0.39 is 0 Å². The van der Waals surface area contributed by atoms with E-state index >= 15 is 0 Å². The van der Waals surface area contributed by atoms with Crippen LogP contribution < -0.4 is 0 Å². The normalized spacial score (nSPS) is 16.3. The molecule has 0 aromatic rings. The number of likely N-dealkylation sites (tertiary alicyclic amines) is 1. The van der Waals surface area contributed by atoms with Crippen molar-refractivity contribution in [3.05, 3.63) is 0 Å². The topological polar surface area (TPSA) is 49.9 Å². The van der Waals surface area contributed by atoms with Crippen LogP contribution in [0.2, 0.25) is 0 Å². The molecule has 6 heteroatoms. The van der Waals surface area contributed by atoms with E-state index in [1.165, 1.54) is 0 Å². The molecule has 0 aromatic carbocycles. The van der Waals surface area contributed by atoms with E-state index in [-0.39, 0.29) is 29.8 Å². The van der Waals surface area contributed by atoms with Gasteiger partial charge in [0, 0.05) is 39.2 Å². The van der Waals surface area contributed by atoms with Crippen molar-refractivity contribution >= 4 is 23.4 Å². The molecule has 1 heterocycles. The number of carbonyl (C=O) groups is 2. The van der Waals surface area contributed by atoms with Gasteiger partial charge in [-0.1, -0.05) is 0 Å². The van der Waals surface area contributed by atoms with Gasteiger partial charge in [-0.3, -0.25) is 9.59 Å². The van der Waals surface area contributed by atoms with Crippen molar-refractivity contribution in [2.75, 3.05) is 32.1 Å². The van der Waals surface area contributed by atoms with Crippen LogP contribution in [-0.4, -0.2) is 65.9 Å². The van der Waals surface area contributed by atoms with Crippen molar-refractivity contribution in [3.63, 3.8) is 0 Å². The Hall–Kier alpha value is -0.810. The molecule has 0 N–H and O–H groups in total. The van der Waals surface area contributed by atoms with Gasteiger partial charge in [-0.05, 0) is 33.1 Å². The Bertz CT molecular complexity index is 342. The Balaban J connectivity index is 2.46. The van der Waals surface area contributed by atoms with Crippen LogP contribution >= 0.6 is 11.6 Å². The van der Waals surface area contributed by atoms with Gasteiger partial charge in [-0.2, -0.15) is 0 Å². The van der Waals surface area contributed by atoms with Crippen molar-refractivity contribution in [2.24, 2.45) is 0 Å². The summed E-state index contributed by atoms with van der Waals surface area (Å²) in [7, 11) is 0. The molecule has 0 atom stereocenters. The standard InChI is InChI=1S/C15H27ClN2O3/c1-12(2)21-10-4-7-18(15(20)11-16)14-5-8-17(9-6-14)13(3)19/h12,14H,4-11H2,1-3H3. The maximum absolute atomic E-state index is 12.0. The monoisotopic (exact) mass is 318 g/mol. The zero-order valence-electron chi connectivity index (χ0n) is 13.3. The molecule has 0 aliphatic carbocycles. The fraction of sp³-hybridized carbons (Fsp3) is 0.867. The predicted molar refractivity (Wildman–Crippen MR) is 83.4 cm³/mol. The third kappa shape index (κ3) is 6.22. The minimum atomic E-state index is -0.0255. The number of amides is 2. The number of nitrogens with zero attached hydrogens (tertiary/aromatic N) is 2. The van der Waals surface area contributed by atoms with Gasteiger partial charge in [-0.15, -0.1) is 11.6 Å². The van der Waals surface area contributed by atoms with E-state index in [1.807, 2.05) is 23.6 Å². The fourth-order valence-corrected chi connectivity index (χ4v) is 2.79. The second-order valence-corrected chi connectivity index (χ2v) is 6.00. The number of ether oxygens (including phenoxy) is 1. The Morgan fingerprint density at radius 1 is 1.33 bits per heavy atom. The third-order valence-electron chi connectivity index (χ3n) is 3.78. The molecule has 1 aliphatic rings. The SMILES string of the molecule is CC(=O)N1CCC(N(CCCOC(C)C)C(=O)CCl)CC1. The van der Waals surface area contributed by atoms with Crippen LogP contribution in [0.5, 0.6) is 0 Å². The van der Waals surface area contributed by atoms with Crippen LogP contribution in [0.4, 0.5) is 0 Å². The summed E-state index contributed by atoms with van der Waals surface area (Å²) < 4.78 is 5.52. The molecule has 1 aliphatic heterocycles. The average molecular weight is 319 g/mol. The quantitative estimate of drug-likeness (QED) is 0.532. The third-order valence-corrected chi connectivity index (χ3v) is 4.01. The van der Waals surface area contributed by atoms with Crippen LogP contribution in [0.3, 0.4) is 0 Å². The number of alkyl halides is 1. The van der Waals surface area contributed by atoms with Crippen LogP contribution in [0, 0.1) is 0 Å². The number of carbonyl (C=O) groups excluding carboxylic acids is 2. The van der Waals surface area contributed by atoms with Crippen molar-refractivity contribution < 1.29 is 14.3 Å². The molecule has 0 bridgehead atoms. The van der Waals surface area contributed by atoms with Crippen molar-refractivity contribution in [2.45, 2.75) is 52.2 Å².